The zero-order chi connectivity index (χ0) is 9.84. The van der Waals surface area contributed by atoms with Gasteiger partial charge in [-0.1, -0.05) is 0 Å². The summed E-state index contributed by atoms with van der Waals surface area (Å²) in [5.41, 5.74) is 2.60. The third-order valence-electron chi connectivity index (χ3n) is 1.32. The number of alkyl halides is 2. The summed E-state index contributed by atoms with van der Waals surface area (Å²) in [6, 6.07) is 4.77. The van der Waals surface area contributed by atoms with Crippen LogP contribution in [0, 0.1) is 3.57 Å². The van der Waals surface area contributed by atoms with E-state index in [1.165, 1.54) is 6.07 Å². The van der Waals surface area contributed by atoms with E-state index >= 15 is 0 Å². The number of hydrazine groups is 1. The number of nitrogens with two attached hydrogens (primary N) is 1. The number of benzene rings is 1. The van der Waals surface area contributed by atoms with Crippen LogP contribution < -0.4 is 16.0 Å². The Kier molecular flexibility index (Phi) is 3.67. The molecule has 1 rings (SSSR count). The van der Waals surface area contributed by atoms with Gasteiger partial charge in [-0.25, -0.2) is 0 Å². The first-order valence-electron chi connectivity index (χ1n) is 3.34. The molecule has 0 fully saturated rings. The van der Waals surface area contributed by atoms with Gasteiger partial charge in [-0.05, 0) is 40.8 Å². The maximum absolute atomic E-state index is 11.9. The zero-order valence-corrected chi connectivity index (χ0v) is 8.59. The van der Waals surface area contributed by atoms with Crippen molar-refractivity contribution in [3.8, 4) is 5.75 Å². The Morgan fingerprint density at radius 3 is 2.69 bits per heavy atom. The minimum Gasteiger partial charge on any atom is -0.433 e. The number of nitrogens with one attached hydrogen (secondary N) is 1. The average Bonchev–Trinajstić information content (AvgIpc) is 2.03. The molecule has 0 aliphatic carbocycles. The molecule has 0 heterocycles. The predicted molar refractivity (Wildman–Crippen MR) is 53.6 cm³/mol. The number of ether oxygens (including phenoxy) is 1. The van der Waals surface area contributed by atoms with Crippen molar-refractivity contribution < 1.29 is 13.5 Å². The van der Waals surface area contributed by atoms with Crippen molar-refractivity contribution in [3.63, 3.8) is 0 Å². The van der Waals surface area contributed by atoms with E-state index < -0.39 is 6.61 Å². The van der Waals surface area contributed by atoms with Crippen molar-refractivity contribution >= 4 is 28.3 Å². The van der Waals surface area contributed by atoms with Crippen molar-refractivity contribution in [3.05, 3.63) is 21.8 Å². The summed E-state index contributed by atoms with van der Waals surface area (Å²) in [6.45, 7) is -2.84. The number of halogens is 3. The van der Waals surface area contributed by atoms with E-state index in [1.54, 1.807) is 12.1 Å². The van der Waals surface area contributed by atoms with E-state index in [9.17, 15) is 8.78 Å². The van der Waals surface area contributed by atoms with Crippen LogP contribution in [-0.2, 0) is 0 Å². The van der Waals surface area contributed by atoms with Gasteiger partial charge in [-0.3, -0.25) is 5.84 Å². The topological polar surface area (TPSA) is 47.3 Å². The van der Waals surface area contributed by atoms with Crippen molar-refractivity contribution in [2.24, 2.45) is 5.84 Å². The molecule has 0 saturated heterocycles. The average molecular weight is 300 g/mol. The highest BCUT2D eigenvalue weighted by Crippen LogP contribution is 2.27. The second kappa shape index (κ2) is 4.56. The van der Waals surface area contributed by atoms with Crippen LogP contribution >= 0.6 is 22.6 Å². The molecule has 0 atom stereocenters. The molecule has 0 aromatic heterocycles. The lowest BCUT2D eigenvalue weighted by atomic mass is 10.3. The van der Waals surface area contributed by atoms with E-state index in [0.717, 1.165) is 3.57 Å². The largest absolute Gasteiger partial charge is 0.433 e. The Labute approximate surface area is 87.4 Å². The SMILES string of the molecule is NNc1ccc(I)cc1OC(F)F. The smallest absolute Gasteiger partial charge is 0.387 e. The van der Waals surface area contributed by atoms with Crippen LogP contribution in [0.1, 0.15) is 0 Å². The molecule has 3 nitrogen and oxygen atoms in total. The van der Waals surface area contributed by atoms with Gasteiger partial charge in [-0.2, -0.15) is 8.78 Å². The van der Waals surface area contributed by atoms with Crippen molar-refractivity contribution in [1.29, 1.82) is 0 Å². The molecule has 0 saturated carbocycles. The van der Waals surface area contributed by atoms with Gasteiger partial charge in [0.1, 0.15) is 0 Å². The minimum atomic E-state index is -2.84. The highest BCUT2D eigenvalue weighted by molar-refractivity contribution is 14.1. The van der Waals surface area contributed by atoms with Crippen LogP contribution in [0.2, 0.25) is 0 Å². The normalized spacial score (nSPS) is 10.2. The molecule has 1 aromatic rings. The number of hydrogen-bond donors (Lipinski definition) is 2. The number of rotatable bonds is 3. The molecular weight excluding hydrogens is 293 g/mol. The van der Waals surface area contributed by atoms with Gasteiger partial charge in [0.15, 0.2) is 5.75 Å². The van der Waals surface area contributed by atoms with Gasteiger partial charge in [0.25, 0.3) is 0 Å². The van der Waals surface area contributed by atoms with E-state index in [4.69, 9.17) is 5.84 Å². The highest BCUT2D eigenvalue weighted by Gasteiger charge is 2.08. The second-order valence-corrected chi connectivity index (χ2v) is 3.41. The maximum Gasteiger partial charge on any atom is 0.387 e. The van der Waals surface area contributed by atoms with Gasteiger partial charge >= 0.3 is 6.61 Å². The quantitative estimate of drug-likeness (QED) is 0.511. The maximum atomic E-state index is 11.9. The summed E-state index contributed by atoms with van der Waals surface area (Å²) < 4.78 is 28.8. The lowest BCUT2D eigenvalue weighted by molar-refractivity contribution is -0.0494. The molecule has 0 aliphatic heterocycles. The van der Waals surface area contributed by atoms with Crippen LogP contribution in [0.15, 0.2) is 18.2 Å². The Bertz CT molecular complexity index is 296. The van der Waals surface area contributed by atoms with Crippen LogP contribution in [0.4, 0.5) is 14.5 Å². The molecule has 1 aromatic carbocycles. The zero-order valence-electron chi connectivity index (χ0n) is 6.43. The van der Waals surface area contributed by atoms with Crippen LogP contribution in [0.5, 0.6) is 5.75 Å². The molecular formula is C7H7F2IN2O. The Morgan fingerprint density at radius 1 is 1.46 bits per heavy atom. The molecule has 72 valence electrons. The number of nitrogen functional groups attached to an aromatic ring is 1. The van der Waals surface area contributed by atoms with Crippen molar-refractivity contribution in [1.82, 2.24) is 0 Å². The fraction of sp³-hybridized carbons (Fsp3) is 0.143. The molecule has 0 aliphatic rings. The summed E-state index contributed by atoms with van der Waals surface area (Å²) in [4.78, 5) is 0. The first-order valence-corrected chi connectivity index (χ1v) is 4.42. The molecule has 3 N–H and O–H groups in total. The molecule has 6 heteroatoms. The van der Waals surface area contributed by atoms with E-state index in [1.807, 2.05) is 22.6 Å². The molecule has 0 radical (unpaired) electrons. The molecule has 0 unspecified atom stereocenters. The van der Waals surface area contributed by atoms with Crippen LogP contribution in [-0.4, -0.2) is 6.61 Å². The monoisotopic (exact) mass is 300 g/mol. The summed E-state index contributed by atoms with van der Waals surface area (Å²) in [5, 5.41) is 0. The molecule has 0 bridgehead atoms. The van der Waals surface area contributed by atoms with Crippen LogP contribution in [0.3, 0.4) is 0 Å². The Balaban J connectivity index is 2.94. The predicted octanol–water partition coefficient (Wildman–Crippen LogP) is 2.18. The summed E-state index contributed by atoms with van der Waals surface area (Å²) in [5.74, 6) is 5.14. The highest BCUT2D eigenvalue weighted by atomic mass is 127. The van der Waals surface area contributed by atoms with Gasteiger partial charge in [0.2, 0.25) is 0 Å². The third kappa shape index (κ3) is 2.96. The van der Waals surface area contributed by atoms with E-state index in [0.29, 0.717) is 5.69 Å². The van der Waals surface area contributed by atoms with Crippen molar-refractivity contribution in [2.75, 3.05) is 5.43 Å². The molecule has 0 spiro atoms. The van der Waals surface area contributed by atoms with Gasteiger partial charge in [-0.15, -0.1) is 0 Å². The molecule has 0 amide bonds. The van der Waals surface area contributed by atoms with Gasteiger partial charge < -0.3 is 10.2 Å². The lowest BCUT2D eigenvalue weighted by Crippen LogP contribution is -2.10. The summed E-state index contributed by atoms with van der Waals surface area (Å²) in [7, 11) is 0. The molecule has 13 heavy (non-hydrogen) atoms. The van der Waals surface area contributed by atoms with Crippen LogP contribution in [0.25, 0.3) is 0 Å². The van der Waals surface area contributed by atoms with Gasteiger partial charge in [0.05, 0.1) is 5.69 Å². The first-order chi connectivity index (χ1) is 6.13. The Morgan fingerprint density at radius 2 is 2.15 bits per heavy atom. The fourth-order valence-corrected chi connectivity index (χ4v) is 1.27. The third-order valence-corrected chi connectivity index (χ3v) is 1.99. The fourth-order valence-electron chi connectivity index (χ4n) is 0.809. The standard InChI is InChI=1S/C7H7F2IN2O/c8-7(9)13-6-3-4(10)1-2-5(6)12-11/h1-3,7,12H,11H2. The van der Waals surface area contributed by atoms with E-state index in [-0.39, 0.29) is 5.75 Å². The second-order valence-electron chi connectivity index (χ2n) is 2.16. The first kappa shape index (κ1) is 10.5. The summed E-state index contributed by atoms with van der Waals surface area (Å²) in [6.07, 6.45) is 0. The van der Waals surface area contributed by atoms with Gasteiger partial charge in [0, 0.05) is 3.57 Å². The van der Waals surface area contributed by atoms with E-state index in [2.05, 4.69) is 10.2 Å². The van der Waals surface area contributed by atoms with Crippen molar-refractivity contribution in [2.45, 2.75) is 6.61 Å². The summed E-state index contributed by atoms with van der Waals surface area (Å²) >= 11 is 1.99. The lowest BCUT2D eigenvalue weighted by Gasteiger charge is -2.09. The Hall–Kier alpha value is -0.630. The number of hydrogen-bond acceptors (Lipinski definition) is 3. The minimum absolute atomic E-state index is 0.0457. The number of anilines is 1.